The molecule has 2 rings (SSSR count). The molecule has 0 spiro atoms. The van der Waals surface area contributed by atoms with E-state index in [1.54, 1.807) is 0 Å². The van der Waals surface area contributed by atoms with Gasteiger partial charge in [-0.25, -0.2) is 0 Å². The maximum absolute atomic E-state index is 4.40. The lowest BCUT2D eigenvalue weighted by molar-refractivity contribution is 0.519. The van der Waals surface area contributed by atoms with Crippen LogP contribution in [0.25, 0.3) is 0 Å². The smallest absolute Gasteiger partial charge is 0.231 e. The predicted octanol–water partition coefficient (Wildman–Crippen LogP) is 1.58. The van der Waals surface area contributed by atoms with Crippen molar-refractivity contribution >= 4 is 17.8 Å². The van der Waals surface area contributed by atoms with E-state index in [-0.39, 0.29) is 0 Å². The molecule has 100 valence electrons. The summed E-state index contributed by atoms with van der Waals surface area (Å²) in [7, 11) is 5.66. The minimum absolute atomic E-state index is 0.477. The second-order valence-corrected chi connectivity index (χ2v) is 5.13. The summed E-state index contributed by atoms with van der Waals surface area (Å²) in [5.41, 5.74) is 0.477. The van der Waals surface area contributed by atoms with Crippen LogP contribution in [0.15, 0.2) is 0 Å². The lowest BCUT2D eigenvalue weighted by atomic mass is 10.0. The summed E-state index contributed by atoms with van der Waals surface area (Å²) in [5, 5.41) is 6.30. The first-order valence-electron chi connectivity index (χ1n) is 6.43. The summed E-state index contributed by atoms with van der Waals surface area (Å²) in [6.07, 6.45) is 3.83. The SMILES string of the molecule is CCC1(CNc2nc(NC)nc(N(C)C)n2)CC1. The molecule has 0 amide bonds. The molecule has 6 nitrogen and oxygen atoms in total. The van der Waals surface area contributed by atoms with Gasteiger partial charge >= 0.3 is 0 Å². The zero-order valence-corrected chi connectivity index (χ0v) is 11.6. The van der Waals surface area contributed by atoms with Crippen molar-refractivity contribution in [1.82, 2.24) is 15.0 Å². The van der Waals surface area contributed by atoms with Gasteiger partial charge in [0.1, 0.15) is 0 Å². The number of anilines is 3. The molecule has 0 saturated heterocycles. The van der Waals surface area contributed by atoms with E-state index in [2.05, 4.69) is 32.5 Å². The average Bonchev–Trinajstić information content (AvgIpc) is 3.16. The van der Waals surface area contributed by atoms with E-state index < -0.39 is 0 Å². The largest absolute Gasteiger partial charge is 0.357 e. The zero-order valence-electron chi connectivity index (χ0n) is 11.6. The summed E-state index contributed by atoms with van der Waals surface area (Å²) in [6, 6.07) is 0. The van der Waals surface area contributed by atoms with Crippen molar-refractivity contribution in [1.29, 1.82) is 0 Å². The molecule has 1 saturated carbocycles. The second kappa shape index (κ2) is 4.96. The highest BCUT2D eigenvalue weighted by Crippen LogP contribution is 2.48. The van der Waals surface area contributed by atoms with Crippen LogP contribution in [0.5, 0.6) is 0 Å². The first kappa shape index (κ1) is 12.9. The molecule has 1 aliphatic rings. The fourth-order valence-corrected chi connectivity index (χ4v) is 1.85. The van der Waals surface area contributed by atoms with Gasteiger partial charge in [-0.05, 0) is 24.7 Å². The zero-order chi connectivity index (χ0) is 13.2. The average molecular weight is 250 g/mol. The highest BCUT2D eigenvalue weighted by molar-refractivity contribution is 5.42. The Morgan fingerprint density at radius 1 is 1.17 bits per heavy atom. The maximum Gasteiger partial charge on any atom is 0.231 e. The molecule has 1 aliphatic carbocycles. The first-order chi connectivity index (χ1) is 8.58. The summed E-state index contributed by atoms with van der Waals surface area (Å²) in [6.45, 7) is 3.19. The minimum atomic E-state index is 0.477. The van der Waals surface area contributed by atoms with Crippen LogP contribution in [0.1, 0.15) is 26.2 Å². The van der Waals surface area contributed by atoms with E-state index in [9.17, 15) is 0 Å². The van der Waals surface area contributed by atoms with Gasteiger partial charge < -0.3 is 15.5 Å². The highest BCUT2D eigenvalue weighted by Gasteiger charge is 2.40. The Kier molecular flexibility index (Phi) is 3.54. The third kappa shape index (κ3) is 2.80. The predicted molar refractivity (Wildman–Crippen MR) is 74.1 cm³/mol. The van der Waals surface area contributed by atoms with Crippen LogP contribution in [0.2, 0.25) is 0 Å². The number of nitrogens with zero attached hydrogens (tertiary/aromatic N) is 4. The topological polar surface area (TPSA) is 66.0 Å². The molecule has 6 heteroatoms. The van der Waals surface area contributed by atoms with Gasteiger partial charge in [-0.15, -0.1) is 0 Å². The Hall–Kier alpha value is -1.59. The van der Waals surface area contributed by atoms with Crippen LogP contribution in [0.4, 0.5) is 17.8 Å². The normalized spacial score (nSPS) is 16.2. The summed E-state index contributed by atoms with van der Waals surface area (Å²) < 4.78 is 0. The molecule has 18 heavy (non-hydrogen) atoms. The molecule has 0 radical (unpaired) electrons. The van der Waals surface area contributed by atoms with Crippen LogP contribution in [0, 0.1) is 5.41 Å². The van der Waals surface area contributed by atoms with Gasteiger partial charge in [0.2, 0.25) is 17.8 Å². The lowest BCUT2D eigenvalue weighted by Crippen LogP contribution is -2.19. The van der Waals surface area contributed by atoms with E-state index in [0.29, 0.717) is 23.3 Å². The van der Waals surface area contributed by atoms with Gasteiger partial charge in [-0.2, -0.15) is 15.0 Å². The van der Waals surface area contributed by atoms with Crippen LogP contribution in [-0.4, -0.2) is 42.6 Å². The van der Waals surface area contributed by atoms with E-state index in [4.69, 9.17) is 0 Å². The molecule has 1 heterocycles. The van der Waals surface area contributed by atoms with Gasteiger partial charge in [0.15, 0.2) is 0 Å². The fraction of sp³-hybridized carbons (Fsp3) is 0.750. The van der Waals surface area contributed by atoms with E-state index in [1.165, 1.54) is 19.3 Å². The van der Waals surface area contributed by atoms with Crippen molar-refractivity contribution in [3.8, 4) is 0 Å². The Balaban J connectivity index is 2.09. The van der Waals surface area contributed by atoms with Gasteiger partial charge in [-0.1, -0.05) is 6.92 Å². The molecule has 1 aromatic rings. The maximum atomic E-state index is 4.40. The Labute approximate surface area is 108 Å². The van der Waals surface area contributed by atoms with Gasteiger partial charge in [0.05, 0.1) is 0 Å². The molecule has 1 aromatic heterocycles. The Bertz CT molecular complexity index is 413. The molecular formula is C12H22N6. The summed E-state index contributed by atoms with van der Waals surface area (Å²) in [4.78, 5) is 14.9. The van der Waals surface area contributed by atoms with Crippen molar-refractivity contribution in [3.05, 3.63) is 0 Å². The van der Waals surface area contributed by atoms with Gasteiger partial charge in [-0.3, -0.25) is 0 Å². The first-order valence-corrected chi connectivity index (χ1v) is 6.43. The third-order valence-electron chi connectivity index (χ3n) is 3.58. The number of hydrogen-bond donors (Lipinski definition) is 2. The van der Waals surface area contributed by atoms with Crippen molar-refractivity contribution < 1.29 is 0 Å². The van der Waals surface area contributed by atoms with Crippen molar-refractivity contribution in [2.24, 2.45) is 5.41 Å². The molecule has 0 aromatic carbocycles. The van der Waals surface area contributed by atoms with Crippen LogP contribution < -0.4 is 15.5 Å². The number of nitrogens with one attached hydrogen (secondary N) is 2. The van der Waals surface area contributed by atoms with E-state index in [0.717, 1.165) is 6.54 Å². The quantitative estimate of drug-likeness (QED) is 0.799. The van der Waals surface area contributed by atoms with E-state index >= 15 is 0 Å². The van der Waals surface area contributed by atoms with Crippen molar-refractivity contribution in [2.45, 2.75) is 26.2 Å². The molecule has 0 bridgehead atoms. The second-order valence-electron chi connectivity index (χ2n) is 5.13. The highest BCUT2D eigenvalue weighted by atomic mass is 15.3. The van der Waals surface area contributed by atoms with E-state index in [1.807, 2.05) is 26.0 Å². The molecule has 1 fully saturated rings. The van der Waals surface area contributed by atoms with Gasteiger partial charge in [0, 0.05) is 27.7 Å². The number of aromatic nitrogens is 3. The van der Waals surface area contributed by atoms with Gasteiger partial charge in [0.25, 0.3) is 0 Å². The Morgan fingerprint density at radius 3 is 2.33 bits per heavy atom. The molecular weight excluding hydrogens is 228 g/mol. The van der Waals surface area contributed by atoms with Crippen molar-refractivity contribution in [3.63, 3.8) is 0 Å². The van der Waals surface area contributed by atoms with Crippen LogP contribution in [-0.2, 0) is 0 Å². The number of rotatable bonds is 6. The standard InChI is InChI=1S/C12H22N6/c1-5-12(6-7-12)8-14-10-15-9(13-2)16-11(17-10)18(3)4/h5-8H2,1-4H3,(H2,13,14,15,16,17). The molecule has 0 atom stereocenters. The number of hydrogen-bond acceptors (Lipinski definition) is 6. The third-order valence-corrected chi connectivity index (χ3v) is 3.58. The monoisotopic (exact) mass is 250 g/mol. The van der Waals surface area contributed by atoms with Crippen molar-refractivity contribution in [2.75, 3.05) is 43.2 Å². The lowest BCUT2D eigenvalue weighted by Gasteiger charge is -2.16. The molecule has 0 aliphatic heterocycles. The molecule has 0 unspecified atom stereocenters. The fourth-order valence-electron chi connectivity index (χ4n) is 1.85. The Morgan fingerprint density at radius 2 is 1.83 bits per heavy atom. The van der Waals surface area contributed by atoms with Crippen LogP contribution in [0.3, 0.4) is 0 Å². The molecule has 2 N–H and O–H groups in total. The summed E-state index contributed by atoms with van der Waals surface area (Å²) in [5.74, 6) is 1.91. The summed E-state index contributed by atoms with van der Waals surface area (Å²) >= 11 is 0. The minimum Gasteiger partial charge on any atom is -0.357 e. The van der Waals surface area contributed by atoms with Crippen LogP contribution >= 0.6 is 0 Å².